The number of ketones is 2. The van der Waals surface area contributed by atoms with Crippen molar-refractivity contribution in [2.45, 2.75) is 218 Å². The molecule has 14 atom stereocenters. The number of Topliss-reactive ketones (excluding diaryl/α,β-unsaturated/α-hetero) is 2. The van der Waals surface area contributed by atoms with Crippen LogP contribution in [0.3, 0.4) is 0 Å². The van der Waals surface area contributed by atoms with Gasteiger partial charge in [-0.1, -0.05) is 151 Å². The third-order valence-corrected chi connectivity index (χ3v) is 22.8. The Morgan fingerprint density at radius 2 is 1.15 bits per heavy atom. The largest absolute Gasteiger partial charge is 0.460 e. The van der Waals surface area contributed by atoms with Crippen molar-refractivity contribution >= 4 is 49.7 Å². The van der Waals surface area contributed by atoms with Crippen molar-refractivity contribution in [3.8, 4) is 11.1 Å². The van der Waals surface area contributed by atoms with Crippen LogP contribution in [-0.2, 0) is 77.7 Å². The Balaban J connectivity index is 1.05. The highest BCUT2D eigenvalue weighted by atomic mass is 28.4. The van der Waals surface area contributed by atoms with Crippen molar-refractivity contribution in [3.63, 3.8) is 0 Å². The quantitative estimate of drug-likeness (QED) is 0.0320. The van der Waals surface area contributed by atoms with Crippen molar-refractivity contribution in [1.29, 1.82) is 0 Å². The molecule has 4 aliphatic rings. The predicted molar refractivity (Wildman–Crippen MR) is 347 cm³/mol. The second kappa shape index (κ2) is 31.5. The first kappa shape index (κ1) is 71.2. The van der Waals surface area contributed by atoms with Gasteiger partial charge in [0.05, 0.1) is 38.1 Å². The van der Waals surface area contributed by atoms with Gasteiger partial charge in [0.1, 0.15) is 54.1 Å². The van der Waals surface area contributed by atoms with Gasteiger partial charge in [0.25, 0.3) is 0 Å². The van der Waals surface area contributed by atoms with E-state index in [9.17, 15) is 28.8 Å². The molecule has 21 heteroatoms. The van der Waals surface area contributed by atoms with E-state index in [-0.39, 0.29) is 105 Å². The highest BCUT2D eigenvalue weighted by Crippen LogP contribution is 2.46. The van der Waals surface area contributed by atoms with Crippen LogP contribution in [0, 0.1) is 17.8 Å². The van der Waals surface area contributed by atoms with Gasteiger partial charge < -0.3 is 73.2 Å². The van der Waals surface area contributed by atoms with Crippen LogP contribution in [0.5, 0.6) is 0 Å². The van der Waals surface area contributed by atoms with Gasteiger partial charge in [0.15, 0.2) is 27.2 Å². The second-order valence-electron chi connectivity index (χ2n) is 27.6. The number of carbonyl (C=O) groups excluding carboxylic acids is 7. The molecule has 4 aromatic rings. The van der Waals surface area contributed by atoms with Crippen molar-refractivity contribution < 1.29 is 75.9 Å². The van der Waals surface area contributed by atoms with Crippen molar-refractivity contribution in [2.24, 2.45) is 17.8 Å². The number of fused-ring (bicyclic) bond motifs is 4. The molecule has 8 rings (SSSR count). The molecule has 0 aromatic heterocycles. The number of rotatable bonds is 27. The minimum absolute atomic E-state index is 0.0565. The summed E-state index contributed by atoms with van der Waals surface area (Å²) in [4.78, 5) is 97.2. The van der Waals surface area contributed by atoms with Gasteiger partial charge >= 0.3 is 12.1 Å². The Hall–Kier alpha value is -6.69. The molecule has 0 bridgehead atoms. The van der Waals surface area contributed by atoms with Crippen LogP contribution in [0.15, 0.2) is 109 Å². The predicted octanol–water partition coefficient (Wildman–Crippen LogP) is 10.3. The first-order valence-corrected chi connectivity index (χ1v) is 35.3. The van der Waals surface area contributed by atoms with E-state index in [0.29, 0.717) is 0 Å². The van der Waals surface area contributed by atoms with Crippen LogP contribution in [0.25, 0.3) is 11.1 Å². The molecule has 5 unspecified atom stereocenters. The maximum Gasteiger partial charge on any atom is 0.407 e. The number of nitrogens with one attached hydrogen (secondary N) is 4. The lowest BCUT2D eigenvalue weighted by atomic mass is 9.83. The van der Waals surface area contributed by atoms with Gasteiger partial charge in [-0.2, -0.15) is 0 Å². The molecular formula is C71H96N4O16Si. The zero-order chi connectivity index (χ0) is 66.7. The number of hydrogen-bond donors (Lipinski definition) is 4. The van der Waals surface area contributed by atoms with E-state index in [2.05, 4.69) is 69.0 Å². The maximum absolute atomic E-state index is 15.3. The Labute approximate surface area is 543 Å². The van der Waals surface area contributed by atoms with E-state index in [1.807, 2.05) is 116 Å². The van der Waals surface area contributed by atoms with E-state index in [0.717, 1.165) is 33.4 Å². The SMILES string of the molecule is CC(=O)CC[C@H](NC(=O)OCC1c2ccccc2-c2ccccc21)C(=O)N[C@@H](CCC(=O)OC(C)(C)C)C(=O)N[C@@H](CCC(C)=O)C(=O)NC1[C@H](O[Si](C)(C)C(C)(C)C)OC(COCc2ccccc2)[C@@H](O[C@@H]2OC3COC(c4ccccc4)O[C@H]3[C@H](C)C2C)[C@@H]1C. The first-order valence-electron chi connectivity index (χ1n) is 32.4. The van der Waals surface area contributed by atoms with Gasteiger partial charge in [-0.15, -0.1) is 0 Å². The molecule has 0 spiro atoms. The second-order valence-corrected chi connectivity index (χ2v) is 32.4. The standard InChI is InChI=1S/C71H96N4O16Si/c1-42(76)32-34-54(72-63(79)55(36-37-59(78)90-70(6,7)8)73-64(80)56(35-33-43(2)77)74-69(82)85-39-53-51-30-22-20-28-49(51)50-29-21-23-31-52(50)53)65(81)75-60-46(5)62(57(40-83-38-47-24-16-14-17-25-47)87-68(60)91-92(12,13)71(9,10)11)88-66-45(4)44(3)61-58(86-66)41-84-67(89-61)48-26-18-15-19-27-48/h14-31,44-46,53-58,60-62,66-68H,32-41H2,1-13H3,(H,72,79)(H,73,80)(H,74,82)(H,75,81)/t44-,45?,46-,54+,55+,56+,57?,58?,60?,61+,62+,66+,67?,68+/m1/s1. The van der Waals surface area contributed by atoms with Crippen molar-refractivity contribution in [1.82, 2.24) is 21.3 Å². The van der Waals surface area contributed by atoms with Crippen molar-refractivity contribution in [2.75, 3.05) is 19.8 Å². The Kier molecular flexibility index (Phi) is 24.4. The molecule has 0 radical (unpaired) electrons. The Morgan fingerprint density at radius 1 is 0.609 bits per heavy atom. The molecule has 0 saturated carbocycles. The highest BCUT2D eigenvalue weighted by Gasteiger charge is 2.53. The number of benzene rings is 4. The van der Waals surface area contributed by atoms with Gasteiger partial charge in [-0.05, 0) is 106 Å². The summed E-state index contributed by atoms with van der Waals surface area (Å²) in [6.07, 6.45) is -6.96. The zero-order valence-corrected chi connectivity index (χ0v) is 56.7. The average molecular weight is 1290 g/mol. The number of carbonyl (C=O) groups is 7. The van der Waals surface area contributed by atoms with Crippen LogP contribution in [0.4, 0.5) is 4.79 Å². The summed E-state index contributed by atoms with van der Waals surface area (Å²) in [5.74, 6) is -4.78. The highest BCUT2D eigenvalue weighted by molar-refractivity contribution is 6.74. The molecule has 1 aliphatic carbocycles. The average Bonchev–Trinajstić information content (AvgIpc) is 1.50. The molecule has 4 amide bonds. The zero-order valence-electron chi connectivity index (χ0n) is 55.7. The fourth-order valence-electron chi connectivity index (χ4n) is 11.9. The van der Waals surface area contributed by atoms with Crippen LogP contribution < -0.4 is 21.3 Å². The van der Waals surface area contributed by atoms with E-state index in [4.69, 9.17) is 42.3 Å². The molecule has 3 saturated heterocycles. The van der Waals surface area contributed by atoms with Gasteiger partial charge in [0, 0.05) is 42.6 Å². The summed E-state index contributed by atoms with van der Waals surface area (Å²) in [6, 6.07) is 29.9. The minimum atomic E-state index is -2.74. The van der Waals surface area contributed by atoms with Crippen LogP contribution in [0.1, 0.15) is 149 Å². The third-order valence-electron chi connectivity index (χ3n) is 18.3. The molecule has 20 nitrogen and oxygen atoms in total. The normalized spacial score (nSPS) is 24.9. The Bertz CT molecular complexity index is 3130. The summed E-state index contributed by atoms with van der Waals surface area (Å²) >= 11 is 0. The van der Waals surface area contributed by atoms with Crippen LogP contribution >= 0.6 is 0 Å². The molecule has 3 aliphatic heterocycles. The smallest absolute Gasteiger partial charge is 0.407 e. The lowest BCUT2D eigenvalue weighted by molar-refractivity contribution is -0.361. The molecule has 500 valence electrons. The summed E-state index contributed by atoms with van der Waals surface area (Å²) in [5, 5.41) is 11.0. The molecule has 4 aromatic carbocycles. The lowest BCUT2D eigenvalue weighted by Gasteiger charge is -2.52. The molecule has 3 fully saturated rings. The van der Waals surface area contributed by atoms with Crippen LogP contribution in [-0.4, -0.2) is 136 Å². The fourth-order valence-corrected chi connectivity index (χ4v) is 13.1. The molecule has 4 N–H and O–H groups in total. The number of ether oxygens (including phenoxy) is 8. The first-order chi connectivity index (χ1) is 43.6. The van der Waals surface area contributed by atoms with Gasteiger partial charge in [-0.25, -0.2) is 4.79 Å². The Morgan fingerprint density at radius 3 is 1.73 bits per heavy atom. The minimum Gasteiger partial charge on any atom is -0.460 e. The summed E-state index contributed by atoms with van der Waals surface area (Å²) in [5.41, 5.74) is 4.97. The van der Waals surface area contributed by atoms with E-state index >= 15 is 4.79 Å². The molecule has 3 heterocycles. The van der Waals surface area contributed by atoms with Gasteiger partial charge in [-0.3, -0.25) is 19.2 Å². The topological polar surface area (TPSA) is 251 Å². The fraction of sp³-hybridized carbons (Fsp3) is 0.563. The maximum atomic E-state index is 15.3. The van der Waals surface area contributed by atoms with Crippen LogP contribution in [0.2, 0.25) is 18.1 Å². The van der Waals surface area contributed by atoms with E-state index < -0.39 is 111 Å². The summed E-state index contributed by atoms with van der Waals surface area (Å²) in [6.45, 7) is 24.9. The third kappa shape index (κ3) is 18.8. The van der Waals surface area contributed by atoms with Crippen molar-refractivity contribution in [3.05, 3.63) is 131 Å². The number of esters is 1. The van der Waals surface area contributed by atoms with Gasteiger partial charge in [0.2, 0.25) is 17.7 Å². The van der Waals surface area contributed by atoms with E-state index in [1.165, 1.54) is 13.8 Å². The molecule has 92 heavy (non-hydrogen) atoms. The summed E-state index contributed by atoms with van der Waals surface area (Å²) < 4.78 is 58.8. The van der Waals surface area contributed by atoms with E-state index in [1.54, 1.807) is 20.8 Å². The molecular weight excluding hydrogens is 1190 g/mol. The number of amides is 4. The monoisotopic (exact) mass is 1290 g/mol. The summed E-state index contributed by atoms with van der Waals surface area (Å²) in [7, 11) is -2.74. The lowest BCUT2D eigenvalue weighted by Crippen LogP contribution is -2.67. The number of hydrogen-bond acceptors (Lipinski definition) is 16. The number of alkyl carbamates (subject to hydrolysis) is 1.